The number of sulfone groups is 1. The predicted molar refractivity (Wildman–Crippen MR) is 218 cm³/mol. The fraction of sp³-hybridized carbons (Fsp3) is 0.432. The Morgan fingerprint density at radius 1 is 0.947 bits per heavy atom. The van der Waals surface area contributed by atoms with Gasteiger partial charge in [-0.15, -0.1) is 0 Å². The van der Waals surface area contributed by atoms with Crippen LogP contribution in [0.4, 0.5) is 0 Å². The second-order valence-electron chi connectivity index (χ2n) is 15.8. The fourth-order valence-corrected chi connectivity index (χ4v) is 11.1. The van der Waals surface area contributed by atoms with E-state index in [1.807, 2.05) is 29.2 Å². The Hall–Kier alpha value is -4.67. The van der Waals surface area contributed by atoms with Crippen molar-refractivity contribution in [1.29, 1.82) is 5.26 Å². The number of hydrogen-bond acceptors (Lipinski definition) is 10. The van der Waals surface area contributed by atoms with Crippen molar-refractivity contribution in [3.8, 4) is 34.4 Å². The van der Waals surface area contributed by atoms with Crippen LogP contribution in [0.15, 0.2) is 67.0 Å². The molecule has 0 radical (unpaired) electrons. The molecule has 3 aliphatic heterocycles. The summed E-state index contributed by atoms with van der Waals surface area (Å²) >= 11 is 6.87. The van der Waals surface area contributed by atoms with Gasteiger partial charge in [0.25, 0.3) is 0 Å². The number of ether oxygens (including phenoxy) is 3. The topological polar surface area (TPSA) is 142 Å². The highest BCUT2D eigenvalue weighted by molar-refractivity contribution is 7.92. The highest BCUT2D eigenvalue weighted by Crippen LogP contribution is 2.42. The summed E-state index contributed by atoms with van der Waals surface area (Å²) in [6, 6.07) is 19.1. The Morgan fingerprint density at radius 2 is 1.72 bits per heavy atom. The fourth-order valence-electron chi connectivity index (χ4n) is 8.58. The minimum atomic E-state index is -2.83. The second kappa shape index (κ2) is 17.4. The number of halogens is 1. The van der Waals surface area contributed by atoms with Gasteiger partial charge in [-0.3, -0.25) is 14.7 Å². The molecule has 300 valence electrons. The molecule has 1 aromatic heterocycles. The number of benzene rings is 3. The van der Waals surface area contributed by atoms with Crippen molar-refractivity contribution in [1.82, 2.24) is 14.8 Å². The number of hydrogen-bond donors (Lipinski definition) is 1. The third-order valence-electron chi connectivity index (χ3n) is 11.6. The van der Waals surface area contributed by atoms with Crippen LogP contribution in [0.25, 0.3) is 11.1 Å². The van der Waals surface area contributed by atoms with Crippen LogP contribution in [0, 0.1) is 30.6 Å². The number of carboxylic acids is 1. The van der Waals surface area contributed by atoms with Gasteiger partial charge < -0.3 is 24.2 Å². The number of nitriles is 1. The van der Waals surface area contributed by atoms with Crippen molar-refractivity contribution in [2.75, 3.05) is 44.3 Å². The number of carboxylic acid groups (broad SMARTS) is 1. The molecule has 0 bridgehead atoms. The molecule has 13 heteroatoms. The predicted octanol–water partition coefficient (Wildman–Crippen LogP) is 7.38. The summed E-state index contributed by atoms with van der Waals surface area (Å²) < 4.78 is 42.5. The van der Waals surface area contributed by atoms with Crippen molar-refractivity contribution >= 4 is 27.4 Å². The number of nitrogens with zero attached hydrogens (tertiary/aromatic N) is 4. The number of aromatic nitrogens is 1. The molecule has 0 saturated carbocycles. The van der Waals surface area contributed by atoms with Crippen LogP contribution in [0.1, 0.15) is 65.5 Å². The number of likely N-dealkylation sites (tertiary alicyclic amines) is 2. The van der Waals surface area contributed by atoms with Crippen LogP contribution in [0.3, 0.4) is 0 Å². The number of carbonyl (C=O) groups is 1. The summed E-state index contributed by atoms with van der Waals surface area (Å²) in [7, 11) is -2.83. The van der Waals surface area contributed by atoms with Crippen molar-refractivity contribution in [3.05, 3.63) is 105 Å². The lowest BCUT2D eigenvalue weighted by molar-refractivity contribution is -0.144. The monoisotopic (exact) mass is 812 g/mol. The lowest BCUT2D eigenvalue weighted by Gasteiger charge is -2.37. The lowest BCUT2D eigenvalue weighted by Crippen LogP contribution is -2.50. The second-order valence-corrected chi connectivity index (χ2v) is 18.2. The first-order valence-electron chi connectivity index (χ1n) is 19.6. The van der Waals surface area contributed by atoms with Crippen LogP contribution in [0.2, 0.25) is 5.02 Å². The van der Waals surface area contributed by atoms with Gasteiger partial charge in [-0.05, 0) is 98.6 Å². The lowest BCUT2D eigenvalue weighted by atomic mass is 9.91. The molecule has 3 saturated heterocycles. The highest BCUT2D eigenvalue weighted by Gasteiger charge is 2.51. The third-order valence-corrected chi connectivity index (χ3v) is 14.0. The zero-order valence-electron chi connectivity index (χ0n) is 32.5. The van der Waals surface area contributed by atoms with E-state index in [9.17, 15) is 23.6 Å². The van der Waals surface area contributed by atoms with Crippen molar-refractivity contribution < 1.29 is 32.5 Å². The molecule has 0 amide bonds. The number of piperidine rings is 1. The first-order chi connectivity index (χ1) is 27.4. The van der Waals surface area contributed by atoms with Crippen molar-refractivity contribution in [2.24, 2.45) is 5.41 Å². The molecule has 11 nitrogen and oxygen atoms in total. The molecule has 0 unspecified atom stereocenters. The van der Waals surface area contributed by atoms with Gasteiger partial charge in [0.15, 0.2) is 9.84 Å². The maximum absolute atomic E-state index is 12.1. The molecule has 57 heavy (non-hydrogen) atoms. The zero-order valence-corrected chi connectivity index (χ0v) is 34.1. The molecule has 7 rings (SSSR count). The van der Waals surface area contributed by atoms with E-state index in [0.29, 0.717) is 59.7 Å². The molecule has 3 aliphatic rings. The SMILES string of the molecule is Cc1c(COc2cc(OCc3cncc(C#N)c3)c(CN3CCCC[C@H]3C(=O)O)cc2Cl)cccc1-c1cccc(OCCCN2CCC3(C2)CS(=O)(=O)C3)c1C. The minimum absolute atomic E-state index is 0.0243. The average Bonchev–Trinajstić information content (AvgIpc) is 3.59. The average molecular weight is 813 g/mol. The van der Waals surface area contributed by atoms with E-state index in [-0.39, 0.29) is 18.6 Å². The summed E-state index contributed by atoms with van der Waals surface area (Å²) in [6.07, 6.45) is 7.33. The molecular formula is C44H49ClN4O7S. The van der Waals surface area contributed by atoms with E-state index in [1.165, 1.54) is 6.20 Å². The Balaban J connectivity index is 1.03. The van der Waals surface area contributed by atoms with Crippen LogP contribution >= 0.6 is 11.6 Å². The van der Waals surface area contributed by atoms with Gasteiger partial charge in [0.05, 0.1) is 28.7 Å². The van der Waals surface area contributed by atoms with E-state index in [2.05, 4.69) is 41.9 Å². The summed E-state index contributed by atoms with van der Waals surface area (Å²) in [4.78, 5) is 20.6. The third kappa shape index (κ3) is 9.56. The van der Waals surface area contributed by atoms with Crippen LogP contribution in [-0.4, -0.2) is 84.6 Å². The maximum Gasteiger partial charge on any atom is 0.320 e. The Morgan fingerprint density at radius 3 is 2.49 bits per heavy atom. The van der Waals surface area contributed by atoms with Gasteiger partial charge in [-0.2, -0.15) is 5.26 Å². The first kappa shape index (κ1) is 40.5. The molecular weight excluding hydrogens is 764 g/mol. The number of aliphatic carboxylic acids is 1. The van der Waals surface area contributed by atoms with Crippen LogP contribution in [0.5, 0.6) is 17.2 Å². The van der Waals surface area contributed by atoms with E-state index in [0.717, 1.165) is 90.0 Å². The molecule has 0 aliphatic carbocycles. The molecule has 3 aromatic carbocycles. The molecule has 3 fully saturated rings. The van der Waals surface area contributed by atoms with E-state index in [1.54, 1.807) is 24.4 Å². The van der Waals surface area contributed by atoms with Crippen molar-refractivity contribution in [3.63, 3.8) is 0 Å². The maximum atomic E-state index is 12.1. The van der Waals surface area contributed by atoms with Crippen LogP contribution < -0.4 is 14.2 Å². The van der Waals surface area contributed by atoms with Crippen LogP contribution in [-0.2, 0) is 34.4 Å². The summed E-state index contributed by atoms with van der Waals surface area (Å²) in [6.45, 7) is 8.82. The summed E-state index contributed by atoms with van der Waals surface area (Å²) in [5.41, 5.74) is 7.13. The Kier molecular flexibility index (Phi) is 12.4. The molecule has 1 spiro atoms. The molecule has 1 N–H and O–H groups in total. The molecule has 4 aromatic rings. The van der Waals surface area contributed by atoms with Gasteiger partial charge in [0.1, 0.15) is 42.6 Å². The zero-order chi connectivity index (χ0) is 40.2. The van der Waals surface area contributed by atoms with Gasteiger partial charge in [0.2, 0.25) is 0 Å². The van der Waals surface area contributed by atoms with Gasteiger partial charge in [-0.25, -0.2) is 8.42 Å². The van der Waals surface area contributed by atoms with Gasteiger partial charge in [0, 0.05) is 54.6 Å². The first-order valence-corrected chi connectivity index (χ1v) is 21.8. The van der Waals surface area contributed by atoms with Crippen molar-refractivity contribution in [2.45, 2.75) is 71.8 Å². The smallest absolute Gasteiger partial charge is 0.320 e. The normalized spacial score (nSPS) is 18.8. The molecule has 1 atom stereocenters. The standard InChI is InChI=1S/C44H49ClN4O7S/c1-30-34(8-5-9-36(30)37-10-6-12-40(31(37)2)54-17-7-14-48-16-13-44(27-48)28-57(52,53)29-44)26-56-42-20-41(55-25-33-18-32(21-46)22-47-23-33)35(19-38(42)45)24-49-15-4-3-11-39(49)43(50)51/h5-6,8-10,12,18-20,22-23,39H,3-4,7,11,13-17,24-29H2,1-2H3,(H,50,51)/t39-/m0/s1. The van der Waals surface area contributed by atoms with Gasteiger partial charge in [-0.1, -0.05) is 48.4 Å². The number of rotatable bonds is 15. The van der Waals surface area contributed by atoms with E-state index in [4.69, 9.17) is 25.8 Å². The molecule has 4 heterocycles. The van der Waals surface area contributed by atoms with Gasteiger partial charge >= 0.3 is 5.97 Å². The Bertz CT molecular complexity index is 2270. The van der Waals surface area contributed by atoms with E-state index < -0.39 is 21.8 Å². The highest BCUT2D eigenvalue weighted by atomic mass is 35.5. The largest absolute Gasteiger partial charge is 0.493 e. The Labute approximate surface area is 340 Å². The van der Waals surface area contributed by atoms with E-state index >= 15 is 0 Å². The summed E-state index contributed by atoms with van der Waals surface area (Å²) in [5, 5.41) is 19.7. The minimum Gasteiger partial charge on any atom is -0.493 e. The number of pyridine rings is 1. The summed E-state index contributed by atoms with van der Waals surface area (Å²) in [5.74, 6) is 1.62. The quantitative estimate of drug-likeness (QED) is 0.120.